The van der Waals surface area contributed by atoms with Crippen molar-refractivity contribution in [3.8, 4) is 0 Å². The third-order valence-electron chi connectivity index (χ3n) is 4.16. The minimum Gasteiger partial charge on any atom is -0.372 e. The Morgan fingerprint density at radius 1 is 1.41 bits per heavy atom. The van der Waals surface area contributed by atoms with E-state index in [1.54, 1.807) is 17.8 Å². The van der Waals surface area contributed by atoms with E-state index in [0.29, 0.717) is 25.2 Å². The molecule has 1 saturated heterocycles. The van der Waals surface area contributed by atoms with Gasteiger partial charge in [0.05, 0.1) is 31.1 Å². The first-order valence-corrected chi connectivity index (χ1v) is 7.08. The molecule has 4 rings (SSSR count). The van der Waals surface area contributed by atoms with E-state index >= 15 is 0 Å². The molecule has 0 amide bonds. The van der Waals surface area contributed by atoms with Gasteiger partial charge in [-0.1, -0.05) is 5.21 Å². The summed E-state index contributed by atoms with van der Waals surface area (Å²) >= 11 is 0. The van der Waals surface area contributed by atoms with E-state index in [2.05, 4.69) is 15.3 Å². The summed E-state index contributed by atoms with van der Waals surface area (Å²) in [4.78, 5) is 25.8. The van der Waals surface area contributed by atoms with Gasteiger partial charge in [-0.15, -0.1) is 5.10 Å². The predicted molar refractivity (Wildman–Crippen MR) is 73.3 cm³/mol. The van der Waals surface area contributed by atoms with Crippen LogP contribution in [-0.2, 0) is 16.1 Å². The number of aromatic nitrogens is 5. The molecule has 9 heteroatoms. The fraction of sp³-hybridized carbons (Fsp3) is 0.538. The largest absolute Gasteiger partial charge is 0.372 e. The number of aryl methyl sites for hydroxylation is 1. The fourth-order valence-electron chi connectivity index (χ4n) is 3.02. The van der Waals surface area contributed by atoms with E-state index in [4.69, 9.17) is 9.47 Å². The lowest BCUT2D eigenvalue weighted by atomic mass is 10.1. The molecule has 0 aliphatic carbocycles. The molecule has 2 aliphatic rings. The summed E-state index contributed by atoms with van der Waals surface area (Å²) in [6.45, 7) is 2.54. The number of fused-ring (bicyclic) bond motifs is 3. The minimum absolute atomic E-state index is 0.0378. The quantitative estimate of drug-likeness (QED) is 0.761. The highest BCUT2D eigenvalue weighted by Crippen LogP contribution is 2.37. The normalized spacial score (nSPS) is 27.2. The third-order valence-corrected chi connectivity index (χ3v) is 4.16. The summed E-state index contributed by atoms with van der Waals surface area (Å²) in [7, 11) is 0. The second kappa shape index (κ2) is 4.89. The maximum absolute atomic E-state index is 12.0. The van der Waals surface area contributed by atoms with Crippen molar-refractivity contribution in [2.75, 3.05) is 6.61 Å². The van der Waals surface area contributed by atoms with Crippen LogP contribution in [0.15, 0.2) is 22.0 Å². The molecule has 2 aliphatic heterocycles. The van der Waals surface area contributed by atoms with E-state index < -0.39 is 11.9 Å². The Morgan fingerprint density at radius 2 is 2.27 bits per heavy atom. The summed E-state index contributed by atoms with van der Waals surface area (Å²) < 4.78 is 14.8. The Morgan fingerprint density at radius 3 is 3.14 bits per heavy atom. The van der Waals surface area contributed by atoms with E-state index in [-0.39, 0.29) is 17.7 Å². The van der Waals surface area contributed by atoms with Gasteiger partial charge in [-0.2, -0.15) is 0 Å². The van der Waals surface area contributed by atoms with Crippen LogP contribution in [0.25, 0.3) is 0 Å². The molecule has 22 heavy (non-hydrogen) atoms. The zero-order valence-electron chi connectivity index (χ0n) is 11.9. The molecule has 2 aromatic heterocycles. The van der Waals surface area contributed by atoms with Crippen molar-refractivity contribution < 1.29 is 9.47 Å². The first kappa shape index (κ1) is 13.4. The highest BCUT2D eigenvalue weighted by molar-refractivity contribution is 5.03. The van der Waals surface area contributed by atoms with Crippen LogP contribution in [0.3, 0.4) is 0 Å². The molecule has 1 fully saturated rings. The summed E-state index contributed by atoms with van der Waals surface area (Å²) in [5.74, 6) is 0. The predicted octanol–water partition coefficient (Wildman–Crippen LogP) is -0.504. The van der Waals surface area contributed by atoms with Crippen LogP contribution < -0.4 is 11.2 Å². The van der Waals surface area contributed by atoms with Gasteiger partial charge in [0, 0.05) is 18.2 Å². The fourth-order valence-corrected chi connectivity index (χ4v) is 3.02. The van der Waals surface area contributed by atoms with Gasteiger partial charge in [0.1, 0.15) is 12.3 Å². The van der Waals surface area contributed by atoms with Crippen molar-refractivity contribution in [1.82, 2.24) is 24.5 Å². The van der Waals surface area contributed by atoms with Crippen LogP contribution in [0.4, 0.5) is 0 Å². The van der Waals surface area contributed by atoms with Crippen LogP contribution in [0, 0.1) is 6.92 Å². The number of hydrogen-bond acceptors (Lipinski definition) is 6. The van der Waals surface area contributed by atoms with Crippen molar-refractivity contribution >= 4 is 0 Å². The third kappa shape index (κ3) is 2.01. The van der Waals surface area contributed by atoms with Gasteiger partial charge in [-0.3, -0.25) is 14.3 Å². The molecule has 0 spiro atoms. The van der Waals surface area contributed by atoms with Crippen molar-refractivity contribution in [1.29, 1.82) is 0 Å². The smallest absolute Gasteiger partial charge is 0.330 e. The van der Waals surface area contributed by atoms with Gasteiger partial charge in [-0.25, -0.2) is 9.48 Å². The van der Waals surface area contributed by atoms with Gasteiger partial charge >= 0.3 is 5.69 Å². The molecule has 4 heterocycles. The van der Waals surface area contributed by atoms with Crippen LogP contribution in [-0.4, -0.2) is 37.3 Å². The molecule has 1 N–H and O–H groups in total. The molecule has 0 bridgehead atoms. The van der Waals surface area contributed by atoms with E-state index in [1.807, 2.05) is 0 Å². The zero-order valence-corrected chi connectivity index (χ0v) is 11.9. The van der Waals surface area contributed by atoms with Gasteiger partial charge in [-0.05, 0) is 6.92 Å². The highest BCUT2D eigenvalue weighted by atomic mass is 16.6. The molecule has 3 atom stereocenters. The topological polar surface area (TPSA) is 104 Å². The van der Waals surface area contributed by atoms with Gasteiger partial charge < -0.3 is 9.47 Å². The monoisotopic (exact) mass is 305 g/mol. The van der Waals surface area contributed by atoms with Crippen molar-refractivity contribution in [3.05, 3.63) is 44.5 Å². The maximum atomic E-state index is 12.0. The lowest BCUT2D eigenvalue weighted by Gasteiger charge is -2.15. The summed E-state index contributed by atoms with van der Waals surface area (Å²) in [6.07, 6.45) is 3.10. The second-order valence-electron chi connectivity index (χ2n) is 5.60. The van der Waals surface area contributed by atoms with Crippen molar-refractivity contribution in [2.24, 2.45) is 0 Å². The lowest BCUT2D eigenvalue weighted by molar-refractivity contribution is -0.0479. The van der Waals surface area contributed by atoms with Crippen molar-refractivity contribution in [2.45, 2.75) is 38.3 Å². The number of nitrogens with zero attached hydrogens (tertiary/aromatic N) is 4. The number of nitrogens with one attached hydrogen (secondary N) is 1. The molecular weight excluding hydrogens is 290 g/mol. The standard InChI is InChI=1S/C13H15N5O4/c1-7-4-17(13(20)15-12(7)19)11-2-9-10(22-11)6-21-5-8-3-14-16-18(8)9/h3-4,9-11H,2,5-6H2,1H3,(H,15,19,20)/t9-,10-,11-/m1/s1. The molecule has 0 saturated carbocycles. The number of H-pyrrole nitrogens is 1. The van der Waals surface area contributed by atoms with Gasteiger partial charge in [0.15, 0.2) is 0 Å². The Kier molecular flexibility index (Phi) is 2.98. The van der Waals surface area contributed by atoms with Crippen LogP contribution in [0.1, 0.15) is 29.9 Å². The molecular formula is C13H15N5O4. The molecule has 0 aromatic carbocycles. The highest BCUT2D eigenvalue weighted by Gasteiger charge is 2.40. The van der Waals surface area contributed by atoms with E-state index in [9.17, 15) is 9.59 Å². The maximum Gasteiger partial charge on any atom is 0.330 e. The van der Waals surface area contributed by atoms with Crippen molar-refractivity contribution in [3.63, 3.8) is 0 Å². The number of aromatic amines is 1. The molecule has 116 valence electrons. The van der Waals surface area contributed by atoms with Gasteiger partial charge in [0.25, 0.3) is 5.56 Å². The average molecular weight is 305 g/mol. The number of ether oxygens (including phenoxy) is 2. The molecule has 2 aromatic rings. The van der Waals surface area contributed by atoms with E-state index in [0.717, 1.165) is 5.69 Å². The zero-order chi connectivity index (χ0) is 15.3. The summed E-state index contributed by atoms with van der Waals surface area (Å²) in [5, 5.41) is 8.01. The van der Waals surface area contributed by atoms with E-state index in [1.165, 1.54) is 10.8 Å². The van der Waals surface area contributed by atoms with Crippen LogP contribution >= 0.6 is 0 Å². The van der Waals surface area contributed by atoms with Crippen LogP contribution in [0.2, 0.25) is 0 Å². The number of rotatable bonds is 1. The molecule has 0 unspecified atom stereocenters. The first-order valence-electron chi connectivity index (χ1n) is 7.08. The molecule has 0 radical (unpaired) electrons. The summed E-state index contributed by atoms with van der Waals surface area (Å²) in [5.41, 5.74) is 0.502. The molecule has 9 nitrogen and oxygen atoms in total. The summed E-state index contributed by atoms with van der Waals surface area (Å²) in [6, 6.07) is -0.0378. The van der Waals surface area contributed by atoms with Crippen LogP contribution in [0.5, 0.6) is 0 Å². The first-order chi connectivity index (χ1) is 10.6. The second-order valence-corrected chi connectivity index (χ2v) is 5.60. The lowest BCUT2D eigenvalue weighted by Crippen LogP contribution is -2.33. The minimum atomic E-state index is -0.475. The Labute approximate surface area is 124 Å². The SMILES string of the molecule is Cc1cn([C@H]2C[C@@H]3[C@@H](COCc4cnnn43)O2)c(=O)[nH]c1=O. The number of hydrogen-bond donors (Lipinski definition) is 1. The Hall–Kier alpha value is -2.26. The Balaban J connectivity index is 1.70. The Bertz CT molecular complexity index is 822. The average Bonchev–Trinajstić information content (AvgIpc) is 3.07. The van der Waals surface area contributed by atoms with Gasteiger partial charge in [0.2, 0.25) is 0 Å².